The Balaban J connectivity index is 0.00000156. The van der Waals surface area contributed by atoms with Gasteiger partial charge in [0.2, 0.25) is 0 Å². The van der Waals surface area contributed by atoms with Gasteiger partial charge >= 0.3 is 0 Å². The first-order valence-electron chi connectivity index (χ1n) is 7.94. The molecule has 2 aromatic carbocycles. The molecule has 0 aliphatic carbocycles. The molecule has 122 valence electrons. The number of carbonyl (C=O) groups is 1. The highest BCUT2D eigenvalue weighted by molar-refractivity contribution is 6.36. The topological polar surface area (TPSA) is 32.3 Å². The van der Waals surface area contributed by atoms with Crippen LogP contribution in [0.1, 0.15) is 23.2 Å². The Kier molecular flexibility index (Phi) is 4.81. The lowest BCUT2D eigenvalue weighted by Gasteiger charge is -2.24. The summed E-state index contributed by atoms with van der Waals surface area (Å²) in [6, 6.07) is 12.0. The van der Waals surface area contributed by atoms with Crippen molar-refractivity contribution in [2.24, 2.45) is 5.92 Å². The molecule has 2 aliphatic rings. The zero-order chi connectivity index (χ0) is 15.1. The van der Waals surface area contributed by atoms with Crippen LogP contribution in [0.2, 0.25) is 5.02 Å². The number of rotatable bonds is 1. The predicted octanol–water partition coefficient (Wildman–Crippen LogP) is 3.74. The molecule has 23 heavy (non-hydrogen) atoms. The van der Waals surface area contributed by atoms with Crippen molar-refractivity contribution in [3.05, 3.63) is 47.0 Å². The molecule has 2 aliphatic heterocycles. The number of hydrogen-bond donors (Lipinski definition) is 1. The SMILES string of the molecule is Cl.O=C(c1cccc2c(Cl)cccc12)N1C[C@@H]2CCCN[C@@H]2C1. The van der Waals surface area contributed by atoms with E-state index in [2.05, 4.69) is 5.32 Å². The van der Waals surface area contributed by atoms with Crippen LogP contribution >= 0.6 is 24.0 Å². The molecule has 0 aromatic heterocycles. The number of halogens is 2. The Morgan fingerprint density at radius 2 is 1.91 bits per heavy atom. The first kappa shape index (κ1) is 16.6. The number of nitrogens with zero attached hydrogens (tertiary/aromatic N) is 1. The van der Waals surface area contributed by atoms with Gasteiger partial charge in [0.25, 0.3) is 5.91 Å². The van der Waals surface area contributed by atoms with Crippen LogP contribution in [0.5, 0.6) is 0 Å². The summed E-state index contributed by atoms with van der Waals surface area (Å²) in [5.41, 5.74) is 0.763. The molecule has 1 N–H and O–H groups in total. The Bertz CT molecular complexity index is 720. The smallest absolute Gasteiger partial charge is 0.254 e. The highest BCUT2D eigenvalue weighted by atomic mass is 35.5. The minimum Gasteiger partial charge on any atom is -0.337 e. The normalized spacial score (nSPS) is 23.4. The molecule has 0 unspecified atom stereocenters. The molecule has 2 fully saturated rings. The Morgan fingerprint density at radius 3 is 2.74 bits per heavy atom. The van der Waals surface area contributed by atoms with E-state index in [0.717, 1.165) is 36.0 Å². The van der Waals surface area contributed by atoms with Crippen molar-refractivity contribution in [1.82, 2.24) is 10.2 Å². The molecule has 3 nitrogen and oxygen atoms in total. The molecule has 2 saturated heterocycles. The number of hydrogen-bond acceptors (Lipinski definition) is 2. The number of likely N-dealkylation sites (tertiary alicyclic amines) is 1. The van der Waals surface area contributed by atoms with Crippen molar-refractivity contribution in [3.8, 4) is 0 Å². The van der Waals surface area contributed by atoms with Crippen molar-refractivity contribution in [1.29, 1.82) is 0 Å². The minimum atomic E-state index is 0. The fraction of sp³-hybridized carbons (Fsp3) is 0.389. The van der Waals surface area contributed by atoms with E-state index in [1.165, 1.54) is 12.8 Å². The van der Waals surface area contributed by atoms with Gasteiger partial charge in [-0.3, -0.25) is 4.79 Å². The number of amides is 1. The molecule has 2 aromatic rings. The van der Waals surface area contributed by atoms with E-state index in [1.54, 1.807) is 0 Å². The third-order valence-corrected chi connectivity index (χ3v) is 5.32. The third-order valence-electron chi connectivity index (χ3n) is 4.99. The fourth-order valence-electron chi connectivity index (χ4n) is 3.84. The molecule has 4 rings (SSSR count). The highest BCUT2D eigenvalue weighted by Gasteiger charge is 2.36. The molecular weight excluding hydrogens is 331 g/mol. The average molecular weight is 351 g/mol. The van der Waals surface area contributed by atoms with Crippen LogP contribution < -0.4 is 5.32 Å². The lowest BCUT2D eigenvalue weighted by molar-refractivity contribution is 0.0787. The summed E-state index contributed by atoms with van der Waals surface area (Å²) < 4.78 is 0. The summed E-state index contributed by atoms with van der Waals surface area (Å²) in [5, 5.41) is 6.14. The summed E-state index contributed by atoms with van der Waals surface area (Å²) in [7, 11) is 0. The lowest BCUT2D eigenvalue weighted by atomic mass is 9.94. The highest BCUT2D eigenvalue weighted by Crippen LogP contribution is 2.30. The summed E-state index contributed by atoms with van der Waals surface area (Å²) in [6.45, 7) is 2.76. The zero-order valence-corrected chi connectivity index (χ0v) is 14.4. The number of nitrogens with one attached hydrogen (secondary N) is 1. The minimum absolute atomic E-state index is 0. The van der Waals surface area contributed by atoms with Crippen molar-refractivity contribution in [3.63, 3.8) is 0 Å². The first-order valence-corrected chi connectivity index (χ1v) is 8.32. The second-order valence-electron chi connectivity index (χ2n) is 6.31. The lowest BCUT2D eigenvalue weighted by Crippen LogP contribution is -2.41. The van der Waals surface area contributed by atoms with E-state index < -0.39 is 0 Å². The number of carbonyl (C=O) groups excluding carboxylic acids is 1. The number of fused-ring (bicyclic) bond motifs is 2. The maximum Gasteiger partial charge on any atom is 0.254 e. The van der Waals surface area contributed by atoms with Gasteiger partial charge in [-0.25, -0.2) is 0 Å². The van der Waals surface area contributed by atoms with E-state index in [0.29, 0.717) is 17.0 Å². The van der Waals surface area contributed by atoms with Crippen molar-refractivity contribution in [2.45, 2.75) is 18.9 Å². The standard InChI is InChI=1S/C18H19ClN2O.ClH/c19-16-8-2-5-13-14(16)6-1-7-15(13)18(22)21-10-12-4-3-9-20-17(12)11-21;/h1-2,5-8,12,17,20H,3-4,9-11H2;1H/t12-,17+;/m0./s1. The molecule has 0 saturated carbocycles. The summed E-state index contributed by atoms with van der Waals surface area (Å²) in [4.78, 5) is 15.0. The van der Waals surface area contributed by atoms with E-state index in [9.17, 15) is 4.79 Å². The maximum absolute atomic E-state index is 13.0. The van der Waals surface area contributed by atoms with Crippen LogP contribution in [0.4, 0.5) is 0 Å². The van der Waals surface area contributed by atoms with Gasteiger partial charge in [0.15, 0.2) is 0 Å². The van der Waals surface area contributed by atoms with Gasteiger partial charge in [-0.15, -0.1) is 12.4 Å². The molecule has 5 heteroatoms. The predicted molar refractivity (Wildman–Crippen MR) is 96.6 cm³/mol. The molecular formula is C18H20Cl2N2O. The van der Waals surface area contributed by atoms with Gasteiger partial charge in [-0.1, -0.05) is 35.9 Å². The Hall–Kier alpha value is -1.29. The Labute approximate surface area is 147 Å². The van der Waals surface area contributed by atoms with Crippen LogP contribution in [0, 0.1) is 5.92 Å². The van der Waals surface area contributed by atoms with E-state index >= 15 is 0 Å². The van der Waals surface area contributed by atoms with E-state index in [-0.39, 0.29) is 18.3 Å². The van der Waals surface area contributed by atoms with Gasteiger partial charge in [0.1, 0.15) is 0 Å². The maximum atomic E-state index is 13.0. The molecule has 0 bridgehead atoms. The van der Waals surface area contributed by atoms with Gasteiger partial charge in [0.05, 0.1) is 0 Å². The fourth-order valence-corrected chi connectivity index (χ4v) is 4.08. The second kappa shape index (κ2) is 6.68. The van der Waals surface area contributed by atoms with Crippen LogP contribution in [0.25, 0.3) is 10.8 Å². The van der Waals surface area contributed by atoms with Crippen molar-refractivity contribution in [2.75, 3.05) is 19.6 Å². The first-order chi connectivity index (χ1) is 10.7. The van der Waals surface area contributed by atoms with Crippen LogP contribution in [-0.2, 0) is 0 Å². The molecule has 2 heterocycles. The second-order valence-corrected chi connectivity index (χ2v) is 6.72. The molecule has 0 spiro atoms. The van der Waals surface area contributed by atoms with Crippen LogP contribution in [0.3, 0.4) is 0 Å². The summed E-state index contributed by atoms with van der Waals surface area (Å²) >= 11 is 6.26. The van der Waals surface area contributed by atoms with Crippen LogP contribution in [0.15, 0.2) is 36.4 Å². The monoisotopic (exact) mass is 350 g/mol. The molecule has 2 atom stereocenters. The number of benzene rings is 2. The summed E-state index contributed by atoms with van der Waals surface area (Å²) in [6.07, 6.45) is 2.44. The molecule has 1 amide bonds. The van der Waals surface area contributed by atoms with Gasteiger partial charge < -0.3 is 10.2 Å². The average Bonchev–Trinajstić information content (AvgIpc) is 2.98. The summed E-state index contributed by atoms with van der Waals surface area (Å²) in [5.74, 6) is 0.736. The van der Waals surface area contributed by atoms with Crippen LogP contribution in [-0.4, -0.2) is 36.5 Å². The van der Waals surface area contributed by atoms with E-state index in [4.69, 9.17) is 11.6 Å². The quantitative estimate of drug-likeness (QED) is 0.849. The van der Waals surface area contributed by atoms with Crippen molar-refractivity contribution >= 4 is 40.7 Å². The molecule has 0 radical (unpaired) electrons. The Morgan fingerprint density at radius 1 is 1.13 bits per heavy atom. The van der Waals surface area contributed by atoms with Crippen molar-refractivity contribution < 1.29 is 4.79 Å². The van der Waals surface area contributed by atoms with Gasteiger partial charge in [-0.2, -0.15) is 0 Å². The largest absolute Gasteiger partial charge is 0.337 e. The van der Waals surface area contributed by atoms with Gasteiger partial charge in [-0.05, 0) is 42.8 Å². The third kappa shape index (κ3) is 2.93. The number of piperidine rings is 1. The zero-order valence-electron chi connectivity index (χ0n) is 12.8. The van der Waals surface area contributed by atoms with Gasteiger partial charge in [0, 0.05) is 35.1 Å². The van der Waals surface area contributed by atoms with E-state index in [1.807, 2.05) is 41.3 Å².